The lowest BCUT2D eigenvalue weighted by Gasteiger charge is -2.08. The van der Waals surface area contributed by atoms with Gasteiger partial charge in [0.1, 0.15) is 6.04 Å². The molecule has 15 heavy (non-hydrogen) atoms. The van der Waals surface area contributed by atoms with Crippen molar-refractivity contribution in [1.82, 2.24) is 20.8 Å². The van der Waals surface area contributed by atoms with E-state index in [1.54, 1.807) is 12.4 Å². The van der Waals surface area contributed by atoms with Crippen LogP contribution in [-0.2, 0) is 11.3 Å². The number of aromatic nitrogens is 2. The zero-order valence-electron chi connectivity index (χ0n) is 7.82. The molecule has 7 heteroatoms. The highest BCUT2D eigenvalue weighted by Gasteiger charge is 2.27. The molecule has 0 aliphatic carbocycles. The summed E-state index contributed by atoms with van der Waals surface area (Å²) in [5, 5.41) is 11.6. The lowest BCUT2D eigenvalue weighted by molar-refractivity contribution is -0.122. The second kappa shape index (κ2) is 4.35. The van der Waals surface area contributed by atoms with Gasteiger partial charge in [0.2, 0.25) is 5.91 Å². The van der Waals surface area contributed by atoms with Gasteiger partial charge < -0.3 is 10.6 Å². The molecule has 2 amide bonds. The molecule has 1 aromatic heterocycles. The second-order valence-electron chi connectivity index (χ2n) is 3.12. The summed E-state index contributed by atoms with van der Waals surface area (Å²) in [6.45, 7) is 0.423. The Labute approximate surface area is 90.2 Å². The number of carbonyl (C=O) groups excluding carboxylic acids is 2. The minimum absolute atomic E-state index is 0.140. The highest BCUT2D eigenvalue weighted by molar-refractivity contribution is 8.14. The molecular formula is C8H10N4O2S. The van der Waals surface area contributed by atoms with E-state index < -0.39 is 6.04 Å². The van der Waals surface area contributed by atoms with Gasteiger partial charge in [-0.2, -0.15) is 5.10 Å². The van der Waals surface area contributed by atoms with E-state index in [0.717, 1.165) is 17.3 Å². The molecule has 0 spiro atoms. The summed E-state index contributed by atoms with van der Waals surface area (Å²) in [7, 11) is 0. The molecular weight excluding hydrogens is 216 g/mol. The Morgan fingerprint density at radius 3 is 3.20 bits per heavy atom. The number of thioether (sulfide) groups is 1. The number of hydrogen-bond donors (Lipinski definition) is 3. The van der Waals surface area contributed by atoms with Crippen LogP contribution in [0, 0.1) is 0 Å². The summed E-state index contributed by atoms with van der Waals surface area (Å²) in [4.78, 5) is 22.4. The zero-order chi connectivity index (χ0) is 10.7. The maximum atomic E-state index is 11.5. The van der Waals surface area contributed by atoms with E-state index in [4.69, 9.17) is 0 Å². The molecule has 2 heterocycles. The van der Waals surface area contributed by atoms with Gasteiger partial charge in [0.05, 0.1) is 6.20 Å². The summed E-state index contributed by atoms with van der Waals surface area (Å²) in [6.07, 6.45) is 3.35. The Bertz CT molecular complexity index is 365. The quantitative estimate of drug-likeness (QED) is 0.669. The molecule has 1 fully saturated rings. The molecule has 80 valence electrons. The first-order valence-electron chi connectivity index (χ1n) is 4.44. The first-order valence-corrected chi connectivity index (χ1v) is 5.43. The summed E-state index contributed by atoms with van der Waals surface area (Å²) in [6, 6.07) is -0.408. The molecule has 0 aromatic carbocycles. The molecule has 1 aromatic rings. The van der Waals surface area contributed by atoms with E-state index in [1.165, 1.54) is 0 Å². The Hall–Kier alpha value is -1.50. The van der Waals surface area contributed by atoms with Gasteiger partial charge in [-0.25, -0.2) is 0 Å². The molecule has 1 saturated heterocycles. The third kappa shape index (κ3) is 2.50. The minimum atomic E-state index is -0.408. The van der Waals surface area contributed by atoms with Crippen molar-refractivity contribution in [3.63, 3.8) is 0 Å². The van der Waals surface area contributed by atoms with Crippen LogP contribution in [0.2, 0.25) is 0 Å². The standard InChI is InChI=1S/C8H10N4O2S/c13-7(6-4-15-8(14)12-6)9-1-5-2-10-11-3-5/h2-3,6H,1,4H2,(H,9,13)(H,10,11)(H,12,14). The number of aromatic amines is 1. The number of carbonyl (C=O) groups is 2. The Kier molecular flexibility index (Phi) is 2.91. The van der Waals surface area contributed by atoms with Crippen molar-refractivity contribution in [3.8, 4) is 0 Å². The zero-order valence-corrected chi connectivity index (χ0v) is 8.63. The van der Waals surface area contributed by atoms with Gasteiger partial charge in [-0.05, 0) is 0 Å². The van der Waals surface area contributed by atoms with Crippen molar-refractivity contribution < 1.29 is 9.59 Å². The van der Waals surface area contributed by atoms with Crippen LogP contribution in [0.4, 0.5) is 4.79 Å². The van der Waals surface area contributed by atoms with Crippen LogP contribution in [-0.4, -0.2) is 33.1 Å². The van der Waals surface area contributed by atoms with Gasteiger partial charge >= 0.3 is 0 Å². The Balaban J connectivity index is 1.80. The molecule has 0 radical (unpaired) electrons. The summed E-state index contributed by atoms with van der Waals surface area (Å²) in [5.74, 6) is 0.338. The molecule has 1 aliphatic heterocycles. The number of rotatable bonds is 3. The predicted molar refractivity (Wildman–Crippen MR) is 55.2 cm³/mol. The third-order valence-corrected chi connectivity index (χ3v) is 2.89. The van der Waals surface area contributed by atoms with E-state index in [0.29, 0.717) is 12.3 Å². The van der Waals surface area contributed by atoms with Gasteiger partial charge in [0.15, 0.2) is 0 Å². The first-order chi connectivity index (χ1) is 7.25. The number of nitrogens with one attached hydrogen (secondary N) is 3. The average Bonchev–Trinajstić information content (AvgIpc) is 2.84. The van der Waals surface area contributed by atoms with Crippen LogP contribution in [0.1, 0.15) is 5.56 Å². The van der Waals surface area contributed by atoms with Gasteiger partial charge in [-0.1, -0.05) is 11.8 Å². The van der Waals surface area contributed by atoms with Crippen molar-refractivity contribution in [2.24, 2.45) is 0 Å². The van der Waals surface area contributed by atoms with E-state index >= 15 is 0 Å². The first kappa shape index (κ1) is 10.0. The van der Waals surface area contributed by atoms with Crippen molar-refractivity contribution in [1.29, 1.82) is 0 Å². The largest absolute Gasteiger partial charge is 0.350 e. The predicted octanol–water partition coefficient (Wildman–Crippen LogP) is -0.149. The SMILES string of the molecule is O=C1NC(C(=O)NCc2cn[nH]c2)CS1. The van der Waals surface area contributed by atoms with Crippen molar-refractivity contribution in [2.45, 2.75) is 12.6 Å². The highest BCUT2D eigenvalue weighted by atomic mass is 32.2. The van der Waals surface area contributed by atoms with Crippen LogP contribution in [0.5, 0.6) is 0 Å². The number of H-pyrrole nitrogens is 1. The van der Waals surface area contributed by atoms with Crippen LogP contribution < -0.4 is 10.6 Å². The smallest absolute Gasteiger partial charge is 0.279 e. The van der Waals surface area contributed by atoms with Gasteiger partial charge in [0, 0.05) is 24.1 Å². The van der Waals surface area contributed by atoms with Crippen LogP contribution in [0.3, 0.4) is 0 Å². The fourth-order valence-electron chi connectivity index (χ4n) is 1.21. The minimum Gasteiger partial charge on any atom is -0.350 e. The maximum Gasteiger partial charge on any atom is 0.279 e. The molecule has 1 unspecified atom stereocenters. The van der Waals surface area contributed by atoms with Gasteiger partial charge in [-0.15, -0.1) is 0 Å². The van der Waals surface area contributed by atoms with E-state index in [9.17, 15) is 9.59 Å². The van der Waals surface area contributed by atoms with Crippen molar-refractivity contribution in [2.75, 3.05) is 5.75 Å². The molecule has 3 N–H and O–H groups in total. The second-order valence-corrected chi connectivity index (χ2v) is 4.11. The topological polar surface area (TPSA) is 86.9 Å². The Morgan fingerprint density at radius 1 is 1.73 bits per heavy atom. The molecule has 0 saturated carbocycles. The lowest BCUT2D eigenvalue weighted by Crippen LogP contribution is -2.42. The van der Waals surface area contributed by atoms with Crippen LogP contribution in [0.25, 0.3) is 0 Å². The van der Waals surface area contributed by atoms with E-state index in [-0.39, 0.29) is 11.1 Å². The van der Waals surface area contributed by atoms with Crippen LogP contribution >= 0.6 is 11.8 Å². The normalized spacial score (nSPS) is 20.0. The van der Waals surface area contributed by atoms with Gasteiger partial charge in [0.25, 0.3) is 5.24 Å². The van der Waals surface area contributed by atoms with Gasteiger partial charge in [-0.3, -0.25) is 14.7 Å². The molecule has 1 atom stereocenters. The monoisotopic (exact) mass is 226 g/mol. The van der Waals surface area contributed by atoms with Crippen LogP contribution in [0.15, 0.2) is 12.4 Å². The fraction of sp³-hybridized carbons (Fsp3) is 0.375. The fourth-order valence-corrected chi connectivity index (χ4v) is 1.99. The summed E-state index contributed by atoms with van der Waals surface area (Å²) < 4.78 is 0. The summed E-state index contributed by atoms with van der Waals surface area (Å²) in [5.41, 5.74) is 0.903. The molecule has 2 rings (SSSR count). The molecule has 6 nitrogen and oxygen atoms in total. The molecule has 1 aliphatic rings. The molecule has 0 bridgehead atoms. The lowest BCUT2D eigenvalue weighted by atomic mass is 10.3. The van der Waals surface area contributed by atoms with Crippen molar-refractivity contribution >= 4 is 22.9 Å². The average molecular weight is 226 g/mol. The van der Waals surface area contributed by atoms with E-state index in [1.807, 2.05) is 0 Å². The van der Waals surface area contributed by atoms with Crippen molar-refractivity contribution in [3.05, 3.63) is 18.0 Å². The third-order valence-electron chi connectivity index (χ3n) is 2.01. The number of hydrogen-bond acceptors (Lipinski definition) is 4. The van der Waals surface area contributed by atoms with E-state index in [2.05, 4.69) is 20.8 Å². The maximum absolute atomic E-state index is 11.5. The highest BCUT2D eigenvalue weighted by Crippen LogP contribution is 2.12. The number of amides is 2. The number of nitrogens with zero attached hydrogens (tertiary/aromatic N) is 1. The summed E-state index contributed by atoms with van der Waals surface area (Å²) >= 11 is 1.13. The Morgan fingerprint density at radius 2 is 2.60 bits per heavy atom.